The van der Waals surface area contributed by atoms with E-state index in [1.165, 1.54) is 0 Å². The Balaban J connectivity index is 3.15. The largest absolute Gasteiger partial charge is 0.209 e. The number of rotatable bonds is 0. The summed E-state index contributed by atoms with van der Waals surface area (Å²) in [4.78, 5) is 0. The van der Waals surface area contributed by atoms with Crippen molar-refractivity contribution in [1.82, 2.24) is 20.2 Å². The molecular weight excluding hydrogens is 142 g/mol. The van der Waals surface area contributed by atoms with Gasteiger partial charge < -0.3 is 0 Å². The smallest absolute Gasteiger partial charge is 0.170 e. The van der Waals surface area contributed by atoms with Gasteiger partial charge in [0, 0.05) is 5.41 Å². The summed E-state index contributed by atoms with van der Waals surface area (Å²) in [6.07, 6.45) is 1.86. The van der Waals surface area contributed by atoms with E-state index in [-0.39, 0.29) is 5.41 Å². The molecule has 11 heavy (non-hydrogen) atoms. The van der Waals surface area contributed by atoms with Crippen LogP contribution in [0.25, 0.3) is 0 Å². The van der Waals surface area contributed by atoms with E-state index in [2.05, 4.69) is 15.5 Å². The van der Waals surface area contributed by atoms with Crippen molar-refractivity contribution >= 4 is 0 Å². The fourth-order valence-corrected chi connectivity index (χ4v) is 0.722. The summed E-state index contributed by atoms with van der Waals surface area (Å²) in [5.41, 5.74) is -0.181. The molecule has 0 aliphatic carbocycles. The minimum atomic E-state index is -0.181. The zero-order valence-electron chi connectivity index (χ0n) is 6.74. The average molecular weight is 151 g/mol. The number of tetrazole rings is 1. The van der Waals surface area contributed by atoms with E-state index in [9.17, 15) is 0 Å². The molecule has 0 radical (unpaired) electrons. The van der Waals surface area contributed by atoms with Crippen LogP contribution < -0.4 is 0 Å². The van der Waals surface area contributed by atoms with Crippen molar-refractivity contribution in [3.63, 3.8) is 0 Å². The Kier molecular flexibility index (Phi) is 1.61. The van der Waals surface area contributed by atoms with E-state index >= 15 is 0 Å². The third kappa shape index (κ3) is 1.34. The van der Waals surface area contributed by atoms with Crippen LogP contribution in [0.3, 0.4) is 0 Å². The molecule has 0 saturated heterocycles. The molecule has 0 bridgehead atoms. The summed E-state index contributed by atoms with van der Waals surface area (Å²) in [6, 6.07) is 0. The van der Waals surface area contributed by atoms with Gasteiger partial charge in [-0.3, -0.25) is 0 Å². The summed E-state index contributed by atoms with van der Waals surface area (Å²) in [6.45, 7) is 5.85. The zero-order valence-corrected chi connectivity index (χ0v) is 6.74. The van der Waals surface area contributed by atoms with Crippen LogP contribution in [-0.4, -0.2) is 20.2 Å². The summed E-state index contributed by atoms with van der Waals surface area (Å²) in [5, 5.41) is 19.2. The number of hydrogen-bond acceptors (Lipinski definition) is 4. The van der Waals surface area contributed by atoms with Gasteiger partial charge in [-0.05, 0) is 10.4 Å². The fraction of sp³-hybridized carbons (Fsp3) is 0.667. The van der Waals surface area contributed by atoms with Gasteiger partial charge in [0.15, 0.2) is 5.82 Å². The number of hydrogen-bond donors (Lipinski definition) is 0. The molecule has 0 aliphatic rings. The van der Waals surface area contributed by atoms with Gasteiger partial charge >= 0.3 is 0 Å². The van der Waals surface area contributed by atoms with E-state index in [0.29, 0.717) is 5.82 Å². The molecule has 0 saturated carbocycles. The first kappa shape index (κ1) is 7.66. The lowest BCUT2D eigenvalue weighted by Crippen LogP contribution is -2.17. The van der Waals surface area contributed by atoms with Crippen molar-refractivity contribution < 1.29 is 0 Å². The standard InChI is InChI=1S/C6H9N5/c1-6(2,3)5-8-9-10-11(5)4-7/h1-3H3. The molecular formula is C6H9N5. The van der Waals surface area contributed by atoms with E-state index in [4.69, 9.17) is 5.26 Å². The summed E-state index contributed by atoms with van der Waals surface area (Å²) in [5.74, 6) is 0.583. The SMILES string of the molecule is CC(C)(C)c1nnnn1C#N. The van der Waals surface area contributed by atoms with Crippen LogP contribution in [0.2, 0.25) is 0 Å². The van der Waals surface area contributed by atoms with Crippen LogP contribution in [0.4, 0.5) is 0 Å². The fourth-order valence-electron chi connectivity index (χ4n) is 0.722. The predicted octanol–water partition coefficient (Wildman–Crippen LogP) is 0.300. The molecule has 0 aliphatic heterocycles. The van der Waals surface area contributed by atoms with Gasteiger partial charge in [0.1, 0.15) is 0 Å². The molecule has 1 aromatic rings. The molecule has 5 heteroatoms. The van der Waals surface area contributed by atoms with E-state index in [0.717, 1.165) is 4.68 Å². The van der Waals surface area contributed by atoms with Crippen LogP contribution in [0.15, 0.2) is 0 Å². The second kappa shape index (κ2) is 2.31. The highest BCUT2D eigenvalue weighted by atomic mass is 15.5. The molecule has 5 nitrogen and oxygen atoms in total. The van der Waals surface area contributed by atoms with E-state index in [1.807, 2.05) is 27.0 Å². The van der Waals surface area contributed by atoms with Crippen molar-refractivity contribution in [3.8, 4) is 6.19 Å². The predicted molar refractivity (Wildman–Crippen MR) is 37.5 cm³/mol. The van der Waals surface area contributed by atoms with Crippen molar-refractivity contribution in [2.45, 2.75) is 26.2 Å². The zero-order chi connectivity index (χ0) is 8.48. The third-order valence-electron chi connectivity index (χ3n) is 1.24. The highest BCUT2D eigenvalue weighted by Crippen LogP contribution is 2.17. The van der Waals surface area contributed by atoms with Crippen LogP contribution in [0, 0.1) is 11.5 Å². The van der Waals surface area contributed by atoms with Gasteiger partial charge in [-0.25, -0.2) is 0 Å². The first-order valence-corrected chi connectivity index (χ1v) is 3.24. The van der Waals surface area contributed by atoms with Crippen LogP contribution >= 0.6 is 0 Å². The molecule has 1 rings (SSSR count). The topological polar surface area (TPSA) is 67.4 Å². The third-order valence-corrected chi connectivity index (χ3v) is 1.24. The van der Waals surface area contributed by atoms with Gasteiger partial charge in [-0.1, -0.05) is 20.8 Å². The van der Waals surface area contributed by atoms with E-state index in [1.54, 1.807) is 0 Å². The maximum Gasteiger partial charge on any atom is 0.209 e. The Bertz CT molecular complexity index is 287. The van der Waals surface area contributed by atoms with Gasteiger partial charge in [-0.15, -0.1) is 9.78 Å². The Morgan fingerprint density at radius 3 is 2.45 bits per heavy atom. The van der Waals surface area contributed by atoms with Gasteiger partial charge in [0.25, 0.3) is 0 Å². The lowest BCUT2D eigenvalue weighted by molar-refractivity contribution is 0.528. The Hall–Kier alpha value is -1.44. The molecule has 1 heterocycles. The summed E-state index contributed by atoms with van der Waals surface area (Å²) >= 11 is 0. The summed E-state index contributed by atoms with van der Waals surface area (Å²) in [7, 11) is 0. The average Bonchev–Trinajstić information content (AvgIpc) is 2.31. The van der Waals surface area contributed by atoms with Gasteiger partial charge in [-0.2, -0.15) is 5.26 Å². The molecule has 0 spiro atoms. The molecule has 0 fully saturated rings. The van der Waals surface area contributed by atoms with Crippen LogP contribution in [-0.2, 0) is 5.41 Å². The maximum absolute atomic E-state index is 8.54. The minimum Gasteiger partial charge on any atom is -0.170 e. The van der Waals surface area contributed by atoms with Crippen molar-refractivity contribution in [2.24, 2.45) is 0 Å². The molecule has 0 unspecified atom stereocenters. The van der Waals surface area contributed by atoms with Crippen molar-refractivity contribution in [1.29, 1.82) is 5.26 Å². The molecule has 1 aromatic heterocycles. The molecule has 0 amide bonds. The Morgan fingerprint density at radius 2 is 2.09 bits per heavy atom. The minimum absolute atomic E-state index is 0.181. The maximum atomic E-state index is 8.54. The number of aromatic nitrogens is 4. The lowest BCUT2D eigenvalue weighted by Gasteiger charge is -2.13. The molecule has 0 N–H and O–H groups in total. The Labute approximate surface area is 64.6 Å². The highest BCUT2D eigenvalue weighted by molar-refractivity contribution is 5.02. The lowest BCUT2D eigenvalue weighted by atomic mass is 9.96. The van der Waals surface area contributed by atoms with Crippen molar-refractivity contribution in [3.05, 3.63) is 5.82 Å². The summed E-state index contributed by atoms with van der Waals surface area (Å²) < 4.78 is 1.12. The molecule has 0 atom stereocenters. The Morgan fingerprint density at radius 1 is 1.45 bits per heavy atom. The quantitative estimate of drug-likeness (QED) is 0.534. The molecule has 58 valence electrons. The first-order chi connectivity index (χ1) is 5.05. The number of nitrogens with zero attached hydrogens (tertiary/aromatic N) is 5. The monoisotopic (exact) mass is 151 g/mol. The van der Waals surface area contributed by atoms with Gasteiger partial charge in [0.05, 0.1) is 0 Å². The van der Waals surface area contributed by atoms with Crippen molar-refractivity contribution in [2.75, 3.05) is 0 Å². The highest BCUT2D eigenvalue weighted by Gasteiger charge is 2.21. The van der Waals surface area contributed by atoms with Crippen LogP contribution in [0.5, 0.6) is 0 Å². The molecule has 0 aromatic carbocycles. The number of nitriles is 1. The van der Waals surface area contributed by atoms with E-state index < -0.39 is 0 Å². The first-order valence-electron chi connectivity index (χ1n) is 3.24. The normalized spacial score (nSPS) is 11.1. The second-order valence-electron chi connectivity index (χ2n) is 3.26. The van der Waals surface area contributed by atoms with Crippen LogP contribution in [0.1, 0.15) is 26.6 Å². The second-order valence-corrected chi connectivity index (χ2v) is 3.26. The van der Waals surface area contributed by atoms with Gasteiger partial charge in [0.2, 0.25) is 6.19 Å².